The highest BCUT2D eigenvalue weighted by molar-refractivity contribution is 6.02. The van der Waals surface area contributed by atoms with Crippen LogP contribution in [0.5, 0.6) is 0 Å². The number of nitrogens with one attached hydrogen (secondary N) is 2. The van der Waals surface area contributed by atoms with Gasteiger partial charge in [-0.2, -0.15) is 5.10 Å². The molecule has 0 radical (unpaired) electrons. The van der Waals surface area contributed by atoms with Crippen molar-refractivity contribution in [3.8, 4) is 0 Å². The first-order valence-corrected chi connectivity index (χ1v) is 6.31. The molecule has 104 valence electrons. The maximum Gasteiger partial charge on any atom is 0.276 e. The SMILES string of the molecule is CCn1ccc(C(=O)Nc2ccc(NC(C)=O)cc2)n1. The lowest BCUT2D eigenvalue weighted by molar-refractivity contribution is -0.114. The van der Waals surface area contributed by atoms with Crippen LogP contribution in [-0.4, -0.2) is 21.6 Å². The third kappa shape index (κ3) is 3.44. The topological polar surface area (TPSA) is 76.0 Å². The molecule has 2 amide bonds. The van der Waals surface area contributed by atoms with E-state index in [-0.39, 0.29) is 11.8 Å². The van der Waals surface area contributed by atoms with Gasteiger partial charge in [0.05, 0.1) is 0 Å². The maximum atomic E-state index is 11.9. The smallest absolute Gasteiger partial charge is 0.276 e. The van der Waals surface area contributed by atoms with Crippen molar-refractivity contribution in [2.75, 3.05) is 10.6 Å². The van der Waals surface area contributed by atoms with Crippen LogP contribution in [0.2, 0.25) is 0 Å². The number of anilines is 2. The summed E-state index contributed by atoms with van der Waals surface area (Å²) in [4.78, 5) is 22.8. The van der Waals surface area contributed by atoms with E-state index >= 15 is 0 Å². The summed E-state index contributed by atoms with van der Waals surface area (Å²) in [5.74, 6) is -0.392. The Balaban J connectivity index is 2.02. The van der Waals surface area contributed by atoms with Crippen molar-refractivity contribution in [1.82, 2.24) is 9.78 Å². The van der Waals surface area contributed by atoms with Crippen molar-refractivity contribution in [3.63, 3.8) is 0 Å². The molecule has 0 aliphatic rings. The van der Waals surface area contributed by atoms with Crippen LogP contribution in [-0.2, 0) is 11.3 Å². The van der Waals surface area contributed by atoms with E-state index in [4.69, 9.17) is 0 Å². The van der Waals surface area contributed by atoms with Crippen molar-refractivity contribution in [1.29, 1.82) is 0 Å². The van der Waals surface area contributed by atoms with Gasteiger partial charge in [0.25, 0.3) is 5.91 Å². The second-order valence-corrected chi connectivity index (χ2v) is 4.27. The van der Waals surface area contributed by atoms with Gasteiger partial charge in [-0.15, -0.1) is 0 Å². The Kier molecular flexibility index (Phi) is 4.14. The minimum absolute atomic E-state index is 0.133. The number of hydrogen-bond donors (Lipinski definition) is 2. The highest BCUT2D eigenvalue weighted by Crippen LogP contribution is 2.14. The molecule has 2 N–H and O–H groups in total. The van der Waals surface area contributed by atoms with Gasteiger partial charge in [0.2, 0.25) is 5.91 Å². The number of hydrogen-bond acceptors (Lipinski definition) is 3. The second-order valence-electron chi connectivity index (χ2n) is 4.27. The normalized spacial score (nSPS) is 10.1. The largest absolute Gasteiger partial charge is 0.326 e. The fraction of sp³-hybridized carbons (Fsp3) is 0.214. The van der Waals surface area contributed by atoms with Gasteiger partial charge in [-0.1, -0.05) is 0 Å². The molecule has 6 nitrogen and oxygen atoms in total. The molecule has 0 saturated carbocycles. The average molecular weight is 272 g/mol. The summed E-state index contributed by atoms with van der Waals surface area (Å²) < 4.78 is 1.69. The lowest BCUT2D eigenvalue weighted by atomic mass is 10.2. The minimum Gasteiger partial charge on any atom is -0.326 e. The monoisotopic (exact) mass is 272 g/mol. The van der Waals surface area contributed by atoms with Gasteiger partial charge >= 0.3 is 0 Å². The van der Waals surface area contributed by atoms with Crippen LogP contribution in [0.1, 0.15) is 24.3 Å². The van der Waals surface area contributed by atoms with E-state index in [2.05, 4.69) is 15.7 Å². The molecule has 0 saturated heterocycles. The Bertz CT molecular complexity index is 616. The molecular weight excluding hydrogens is 256 g/mol. The zero-order chi connectivity index (χ0) is 14.5. The van der Waals surface area contributed by atoms with Gasteiger partial charge in [0, 0.05) is 31.0 Å². The summed E-state index contributed by atoms with van der Waals surface area (Å²) in [6, 6.07) is 8.56. The van der Waals surface area contributed by atoms with Crippen LogP contribution in [0.4, 0.5) is 11.4 Å². The summed E-state index contributed by atoms with van der Waals surface area (Å²) in [6.07, 6.45) is 1.76. The van der Waals surface area contributed by atoms with E-state index in [1.165, 1.54) is 6.92 Å². The van der Waals surface area contributed by atoms with Crippen molar-refractivity contribution in [2.24, 2.45) is 0 Å². The lowest BCUT2D eigenvalue weighted by Crippen LogP contribution is -2.13. The molecule has 20 heavy (non-hydrogen) atoms. The summed E-state index contributed by atoms with van der Waals surface area (Å²) in [7, 11) is 0. The Morgan fingerprint density at radius 3 is 2.20 bits per heavy atom. The molecule has 0 unspecified atom stereocenters. The van der Waals surface area contributed by atoms with E-state index in [1.807, 2.05) is 6.92 Å². The van der Waals surface area contributed by atoms with Gasteiger partial charge < -0.3 is 10.6 Å². The van der Waals surface area contributed by atoms with E-state index < -0.39 is 0 Å². The first kappa shape index (κ1) is 13.8. The molecule has 0 fully saturated rings. The predicted molar refractivity (Wildman–Crippen MR) is 76.6 cm³/mol. The number of benzene rings is 1. The Morgan fingerprint density at radius 2 is 1.70 bits per heavy atom. The molecule has 6 heteroatoms. The molecule has 0 spiro atoms. The molecule has 0 bridgehead atoms. The molecular formula is C14H16N4O2. The molecule has 2 rings (SSSR count). The minimum atomic E-state index is -0.260. The molecule has 1 heterocycles. The first-order valence-electron chi connectivity index (χ1n) is 6.31. The molecule has 0 atom stereocenters. The Morgan fingerprint density at radius 1 is 1.10 bits per heavy atom. The van der Waals surface area contributed by atoms with Crippen LogP contribution in [0.3, 0.4) is 0 Å². The van der Waals surface area contributed by atoms with Gasteiger partial charge in [-0.3, -0.25) is 14.3 Å². The summed E-state index contributed by atoms with van der Waals surface area (Å²) in [5.41, 5.74) is 1.71. The number of carbonyl (C=O) groups is 2. The van der Waals surface area contributed by atoms with Crippen LogP contribution in [0.25, 0.3) is 0 Å². The third-order valence-electron chi connectivity index (χ3n) is 2.66. The highest BCUT2D eigenvalue weighted by atomic mass is 16.2. The summed E-state index contributed by atoms with van der Waals surface area (Å²) in [5, 5.41) is 9.54. The lowest BCUT2D eigenvalue weighted by Gasteiger charge is -2.05. The summed E-state index contributed by atoms with van der Waals surface area (Å²) in [6.45, 7) is 4.12. The van der Waals surface area contributed by atoms with Crippen molar-refractivity contribution in [3.05, 3.63) is 42.2 Å². The molecule has 2 aromatic rings. The quantitative estimate of drug-likeness (QED) is 0.895. The number of aromatic nitrogens is 2. The number of amides is 2. The fourth-order valence-electron chi connectivity index (χ4n) is 1.69. The first-order chi connectivity index (χ1) is 9.58. The Hall–Kier alpha value is -2.63. The van der Waals surface area contributed by atoms with E-state index in [9.17, 15) is 9.59 Å². The zero-order valence-electron chi connectivity index (χ0n) is 11.4. The van der Waals surface area contributed by atoms with Crippen LogP contribution in [0, 0.1) is 0 Å². The van der Waals surface area contributed by atoms with Crippen molar-refractivity contribution in [2.45, 2.75) is 20.4 Å². The standard InChI is InChI=1S/C14H16N4O2/c1-3-18-9-8-13(17-18)14(20)16-12-6-4-11(5-7-12)15-10(2)19/h4-9H,3H2,1-2H3,(H,15,19)(H,16,20). The van der Waals surface area contributed by atoms with Crippen LogP contribution < -0.4 is 10.6 Å². The average Bonchev–Trinajstić information content (AvgIpc) is 2.89. The third-order valence-corrected chi connectivity index (χ3v) is 2.66. The molecule has 0 aliphatic heterocycles. The number of rotatable bonds is 4. The molecule has 1 aromatic carbocycles. The van der Waals surface area contributed by atoms with E-state index in [0.717, 1.165) is 6.54 Å². The Labute approximate surface area is 116 Å². The predicted octanol–water partition coefficient (Wildman–Crippen LogP) is 2.11. The van der Waals surface area contributed by atoms with Crippen molar-refractivity contribution < 1.29 is 9.59 Å². The number of aryl methyl sites for hydroxylation is 1. The maximum absolute atomic E-state index is 11.9. The van der Waals surface area contributed by atoms with Crippen LogP contribution >= 0.6 is 0 Å². The molecule has 0 aliphatic carbocycles. The van der Waals surface area contributed by atoms with Gasteiger partial charge in [0.15, 0.2) is 5.69 Å². The second kappa shape index (κ2) is 6.01. The fourth-order valence-corrected chi connectivity index (χ4v) is 1.69. The number of nitrogens with zero attached hydrogens (tertiary/aromatic N) is 2. The van der Waals surface area contributed by atoms with Gasteiger partial charge in [-0.05, 0) is 37.3 Å². The van der Waals surface area contributed by atoms with E-state index in [0.29, 0.717) is 17.1 Å². The van der Waals surface area contributed by atoms with Crippen LogP contribution in [0.15, 0.2) is 36.5 Å². The van der Waals surface area contributed by atoms with Crippen molar-refractivity contribution >= 4 is 23.2 Å². The van der Waals surface area contributed by atoms with Gasteiger partial charge in [-0.25, -0.2) is 0 Å². The number of carbonyl (C=O) groups excluding carboxylic acids is 2. The highest BCUT2D eigenvalue weighted by Gasteiger charge is 2.09. The molecule has 1 aromatic heterocycles. The summed E-state index contributed by atoms with van der Waals surface area (Å²) >= 11 is 0. The van der Waals surface area contributed by atoms with Gasteiger partial charge in [0.1, 0.15) is 0 Å². The van der Waals surface area contributed by atoms with E-state index in [1.54, 1.807) is 41.2 Å². The zero-order valence-corrected chi connectivity index (χ0v) is 11.4.